The van der Waals surface area contributed by atoms with E-state index in [1.54, 1.807) is 43.3 Å². The molecule has 202 valence electrons. The Bertz CT molecular complexity index is 1860. The van der Waals surface area contributed by atoms with Crippen molar-refractivity contribution in [1.82, 2.24) is 10.2 Å². The molecule has 0 fully saturated rings. The molecule has 10 nitrogen and oxygen atoms in total. The number of aryl methyl sites for hydroxylation is 1. The van der Waals surface area contributed by atoms with Crippen LogP contribution in [-0.4, -0.2) is 36.7 Å². The van der Waals surface area contributed by atoms with Crippen molar-refractivity contribution in [2.75, 3.05) is 17.1 Å². The molecule has 40 heavy (non-hydrogen) atoms. The number of nitrogens with one attached hydrogen (secondary N) is 2. The Morgan fingerprint density at radius 3 is 2.30 bits per heavy atom. The SMILES string of the molecule is COc1ccc(Nc2nnc(-c3ccc(C)c(S(=O)(=O)Nc4ccc(O)cc4)c3)c3ccccc23)cc1C(N)=O. The molecule has 1 amide bonds. The molecule has 0 aliphatic heterocycles. The van der Waals surface area contributed by atoms with Gasteiger partial charge in [-0.25, -0.2) is 8.42 Å². The van der Waals surface area contributed by atoms with Gasteiger partial charge in [-0.1, -0.05) is 36.4 Å². The molecule has 5 aromatic rings. The lowest BCUT2D eigenvalue weighted by Gasteiger charge is -2.14. The van der Waals surface area contributed by atoms with E-state index < -0.39 is 15.9 Å². The van der Waals surface area contributed by atoms with E-state index in [0.29, 0.717) is 39.8 Å². The van der Waals surface area contributed by atoms with Crippen LogP contribution < -0.4 is 20.5 Å². The molecular weight excluding hydrogens is 530 g/mol. The number of nitrogens with two attached hydrogens (primary N) is 1. The molecule has 0 saturated heterocycles. The van der Waals surface area contributed by atoms with E-state index in [1.807, 2.05) is 24.3 Å². The Labute approximate surface area is 230 Å². The third-order valence-corrected chi connectivity index (χ3v) is 7.81. The average Bonchev–Trinajstić information content (AvgIpc) is 2.94. The molecule has 0 radical (unpaired) electrons. The first-order valence-electron chi connectivity index (χ1n) is 12.1. The Hall–Kier alpha value is -5.16. The molecule has 4 aromatic carbocycles. The van der Waals surface area contributed by atoms with Crippen LogP contribution in [0.4, 0.5) is 17.2 Å². The maximum Gasteiger partial charge on any atom is 0.262 e. The molecule has 5 N–H and O–H groups in total. The Balaban J connectivity index is 1.54. The summed E-state index contributed by atoms with van der Waals surface area (Å²) in [6.07, 6.45) is 0. The summed E-state index contributed by atoms with van der Waals surface area (Å²) in [4.78, 5) is 12.0. The van der Waals surface area contributed by atoms with E-state index in [-0.39, 0.29) is 16.2 Å². The minimum absolute atomic E-state index is 0.0322. The highest BCUT2D eigenvalue weighted by Crippen LogP contribution is 2.34. The maximum absolute atomic E-state index is 13.3. The van der Waals surface area contributed by atoms with E-state index in [9.17, 15) is 18.3 Å². The second kappa shape index (κ2) is 10.5. The summed E-state index contributed by atoms with van der Waals surface area (Å²) in [6.45, 7) is 1.71. The number of carbonyl (C=O) groups is 1. The van der Waals surface area contributed by atoms with Gasteiger partial charge in [0.05, 0.1) is 17.6 Å². The first-order valence-corrected chi connectivity index (χ1v) is 13.6. The molecule has 0 unspecified atom stereocenters. The molecule has 0 saturated carbocycles. The number of methoxy groups -OCH3 is 1. The van der Waals surface area contributed by atoms with E-state index in [2.05, 4.69) is 20.2 Å². The fourth-order valence-electron chi connectivity index (χ4n) is 4.30. The third-order valence-electron chi connectivity index (χ3n) is 6.29. The quantitative estimate of drug-likeness (QED) is 0.196. The largest absolute Gasteiger partial charge is 0.508 e. The van der Waals surface area contributed by atoms with Crippen LogP contribution in [0.15, 0.2) is 89.8 Å². The van der Waals surface area contributed by atoms with E-state index in [0.717, 1.165) is 10.8 Å². The summed E-state index contributed by atoms with van der Waals surface area (Å²) in [5, 5.41) is 23.0. The molecular formula is C29H25N5O5S. The zero-order chi connectivity index (χ0) is 28.4. The number of phenols is 1. The third kappa shape index (κ3) is 5.22. The van der Waals surface area contributed by atoms with Gasteiger partial charge in [0.1, 0.15) is 17.2 Å². The van der Waals surface area contributed by atoms with Crippen LogP contribution in [-0.2, 0) is 10.0 Å². The van der Waals surface area contributed by atoms with Gasteiger partial charge in [0.15, 0.2) is 5.82 Å². The van der Waals surface area contributed by atoms with Gasteiger partial charge in [-0.05, 0) is 61.0 Å². The molecule has 0 spiro atoms. The number of phenolic OH excluding ortho intramolecular Hbond substituents is 1. The number of nitrogens with zero attached hydrogens (tertiary/aromatic N) is 2. The van der Waals surface area contributed by atoms with Crippen LogP contribution in [0.25, 0.3) is 22.0 Å². The van der Waals surface area contributed by atoms with Gasteiger partial charge in [-0.2, -0.15) is 0 Å². The smallest absolute Gasteiger partial charge is 0.262 e. The first kappa shape index (κ1) is 26.4. The summed E-state index contributed by atoms with van der Waals surface area (Å²) in [5.74, 6) is 0.199. The van der Waals surface area contributed by atoms with E-state index >= 15 is 0 Å². The van der Waals surface area contributed by atoms with Crippen LogP contribution in [0.5, 0.6) is 11.5 Å². The van der Waals surface area contributed by atoms with Crippen molar-refractivity contribution in [1.29, 1.82) is 0 Å². The van der Waals surface area contributed by atoms with Crippen LogP contribution in [0, 0.1) is 6.92 Å². The van der Waals surface area contributed by atoms with Crippen molar-refractivity contribution >= 4 is 43.9 Å². The van der Waals surface area contributed by atoms with Crippen molar-refractivity contribution in [2.45, 2.75) is 11.8 Å². The highest BCUT2D eigenvalue weighted by Gasteiger charge is 2.20. The summed E-state index contributed by atoms with van der Waals surface area (Å²) in [6, 6.07) is 23.2. The number of hydrogen-bond donors (Lipinski definition) is 4. The molecule has 1 heterocycles. The van der Waals surface area contributed by atoms with Crippen molar-refractivity contribution in [3.8, 4) is 22.8 Å². The lowest BCUT2D eigenvalue weighted by Crippen LogP contribution is -2.14. The average molecular weight is 556 g/mol. The van der Waals surface area contributed by atoms with Gasteiger partial charge in [-0.15, -0.1) is 10.2 Å². The van der Waals surface area contributed by atoms with E-state index in [1.165, 1.54) is 31.4 Å². The number of amides is 1. The number of benzene rings is 4. The predicted molar refractivity (Wildman–Crippen MR) is 153 cm³/mol. The van der Waals surface area contributed by atoms with Gasteiger partial charge >= 0.3 is 0 Å². The highest BCUT2D eigenvalue weighted by atomic mass is 32.2. The van der Waals surface area contributed by atoms with Gasteiger partial charge in [0.25, 0.3) is 15.9 Å². The van der Waals surface area contributed by atoms with Gasteiger partial charge < -0.3 is 20.9 Å². The lowest BCUT2D eigenvalue weighted by atomic mass is 10.0. The van der Waals surface area contributed by atoms with Crippen molar-refractivity contribution in [3.63, 3.8) is 0 Å². The molecule has 0 atom stereocenters. The standard InChI is InChI=1S/C29H25N5O5S/c1-17-7-8-18(15-26(17)40(37,38)34-19-9-12-21(35)13-10-19)27-22-5-3-4-6-23(22)29(33-32-27)31-20-11-14-25(39-2)24(16-20)28(30)36/h3-16,34-35H,1-2H3,(H2,30,36)(H,31,33). The Morgan fingerprint density at radius 1 is 0.900 bits per heavy atom. The lowest BCUT2D eigenvalue weighted by molar-refractivity contribution is 0.0997. The number of aromatic hydroxyl groups is 1. The van der Waals surface area contributed by atoms with E-state index in [4.69, 9.17) is 10.5 Å². The Kier molecular flexibility index (Phi) is 6.97. The fraction of sp³-hybridized carbons (Fsp3) is 0.0690. The molecule has 11 heteroatoms. The van der Waals surface area contributed by atoms with Crippen LogP contribution >= 0.6 is 0 Å². The Morgan fingerprint density at radius 2 is 1.60 bits per heavy atom. The first-order chi connectivity index (χ1) is 19.2. The summed E-state index contributed by atoms with van der Waals surface area (Å²) >= 11 is 0. The van der Waals surface area contributed by atoms with Crippen LogP contribution in [0.2, 0.25) is 0 Å². The topological polar surface area (TPSA) is 157 Å². The summed E-state index contributed by atoms with van der Waals surface area (Å²) < 4.78 is 34.3. The zero-order valence-corrected chi connectivity index (χ0v) is 22.4. The second-order valence-corrected chi connectivity index (χ2v) is 10.6. The monoisotopic (exact) mass is 555 g/mol. The molecule has 0 aliphatic rings. The minimum atomic E-state index is -3.95. The summed E-state index contributed by atoms with van der Waals surface area (Å²) in [5.41, 5.74) is 8.21. The van der Waals surface area contributed by atoms with Crippen molar-refractivity contribution in [3.05, 3.63) is 96.1 Å². The highest BCUT2D eigenvalue weighted by molar-refractivity contribution is 7.92. The predicted octanol–water partition coefficient (Wildman–Crippen LogP) is 4.96. The maximum atomic E-state index is 13.3. The number of aromatic nitrogens is 2. The molecule has 0 bridgehead atoms. The number of ether oxygens (including phenoxy) is 1. The number of hydrogen-bond acceptors (Lipinski definition) is 8. The van der Waals surface area contributed by atoms with Gasteiger partial charge in [0, 0.05) is 27.7 Å². The minimum Gasteiger partial charge on any atom is -0.508 e. The van der Waals surface area contributed by atoms with Crippen molar-refractivity contribution < 1.29 is 23.1 Å². The van der Waals surface area contributed by atoms with Gasteiger partial charge in [0.2, 0.25) is 0 Å². The number of carbonyl (C=O) groups excluding carboxylic acids is 1. The second-order valence-electron chi connectivity index (χ2n) is 8.98. The number of anilines is 3. The van der Waals surface area contributed by atoms with Crippen LogP contribution in [0.3, 0.4) is 0 Å². The van der Waals surface area contributed by atoms with Crippen LogP contribution in [0.1, 0.15) is 15.9 Å². The number of rotatable bonds is 8. The number of fused-ring (bicyclic) bond motifs is 1. The summed E-state index contributed by atoms with van der Waals surface area (Å²) in [7, 11) is -2.49. The molecule has 1 aromatic heterocycles. The fourth-order valence-corrected chi connectivity index (χ4v) is 5.63. The number of primary amides is 1. The van der Waals surface area contributed by atoms with Crippen molar-refractivity contribution in [2.24, 2.45) is 5.73 Å². The number of sulfonamides is 1. The molecule has 0 aliphatic carbocycles. The van der Waals surface area contributed by atoms with Gasteiger partial charge in [-0.3, -0.25) is 9.52 Å². The zero-order valence-electron chi connectivity index (χ0n) is 21.5. The molecule has 5 rings (SSSR count). The normalized spacial score (nSPS) is 11.2.